The summed E-state index contributed by atoms with van der Waals surface area (Å²) in [5, 5.41) is 9.75. The Balaban J connectivity index is 1.68. The van der Waals surface area contributed by atoms with Crippen LogP contribution in [-0.4, -0.2) is 24.7 Å². The van der Waals surface area contributed by atoms with Gasteiger partial charge in [0, 0.05) is 18.2 Å². The molecule has 0 saturated heterocycles. The third-order valence-electron chi connectivity index (χ3n) is 3.12. The molecule has 3 N–H and O–H groups in total. The molecule has 2 heterocycles. The summed E-state index contributed by atoms with van der Waals surface area (Å²) in [7, 11) is -3.62. The molecule has 7 nitrogen and oxygen atoms in total. The Morgan fingerprint density at radius 2 is 2.25 bits per heavy atom. The Morgan fingerprint density at radius 1 is 1.40 bits per heavy atom. The molecule has 0 aliphatic heterocycles. The minimum Gasteiger partial charge on any atom is -0.468 e. The first-order chi connectivity index (χ1) is 9.65. The van der Waals surface area contributed by atoms with Crippen LogP contribution in [0.2, 0.25) is 0 Å². The number of aromatic amines is 1. The summed E-state index contributed by atoms with van der Waals surface area (Å²) >= 11 is 0. The van der Waals surface area contributed by atoms with Gasteiger partial charge in [-0.05, 0) is 25.0 Å². The van der Waals surface area contributed by atoms with Crippen molar-refractivity contribution in [2.75, 3.05) is 0 Å². The first kappa shape index (κ1) is 13.3. The summed E-state index contributed by atoms with van der Waals surface area (Å²) in [5.74, 6) is 0.561. The molecule has 2 aromatic heterocycles. The van der Waals surface area contributed by atoms with Gasteiger partial charge in [0.2, 0.25) is 0 Å². The van der Waals surface area contributed by atoms with Crippen molar-refractivity contribution in [1.29, 1.82) is 0 Å². The second-order valence-electron chi connectivity index (χ2n) is 4.78. The molecular weight excluding hydrogens is 280 g/mol. The van der Waals surface area contributed by atoms with Gasteiger partial charge in [0.25, 0.3) is 10.0 Å². The smallest absolute Gasteiger partial charge is 0.258 e. The second-order valence-corrected chi connectivity index (χ2v) is 6.49. The van der Waals surface area contributed by atoms with E-state index in [0.29, 0.717) is 23.9 Å². The van der Waals surface area contributed by atoms with Crippen LogP contribution in [-0.2, 0) is 23.1 Å². The number of sulfonamides is 1. The second kappa shape index (κ2) is 5.39. The molecule has 1 aliphatic rings. The van der Waals surface area contributed by atoms with Crippen molar-refractivity contribution in [1.82, 2.24) is 20.2 Å². The lowest BCUT2D eigenvalue weighted by molar-refractivity contribution is 0.497. The van der Waals surface area contributed by atoms with E-state index in [9.17, 15) is 8.42 Å². The maximum Gasteiger partial charge on any atom is 0.258 e. The summed E-state index contributed by atoms with van der Waals surface area (Å²) in [4.78, 5) is 0. The first-order valence-corrected chi connectivity index (χ1v) is 7.91. The Kier molecular flexibility index (Phi) is 3.60. The molecule has 0 aromatic carbocycles. The molecule has 0 amide bonds. The van der Waals surface area contributed by atoms with Crippen molar-refractivity contribution in [3.8, 4) is 0 Å². The van der Waals surface area contributed by atoms with Crippen molar-refractivity contribution < 1.29 is 12.8 Å². The van der Waals surface area contributed by atoms with E-state index < -0.39 is 10.0 Å². The van der Waals surface area contributed by atoms with Crippen LogP contribution in [0, 0.1) is 0 Å². The molecule has 1 aliphatic carbocycles. The van der Waals surface area contributed by atoms with Crippen LogP contribution >= 0.6 is 0 Å². The quantitative estimate of drug-likeness (QED) is 0.699. The average Bonchev–Trinajstić information content (AvgIpc) is 2.94. The molecule has 8 heteroatoms. The fraction of sp³-hybridized carbons (Fsp3) is 0.417. The highest BCUT2D eigenvalue weighted by Crippen LogP contribution is 2.20. The van der Waals surface area contributed by atoms with Gasteiger partial charge in [-0.15, -0.1) is 0 Å². The van der Waals surface area contributed by atoms with E-state index in [-0.39, 0.29) is 11.6 Å². The molecule has 0 unspecified atom stereocenters. The normalized spacial score (nSPS) is 15.6. The highest BCUT2D eigenvalue weighted by Gasteiger charge is 2.24. The third kappa shape index (κ3) is 3.09. The molecule has 0 radical (unpaired) electrons. The van der Waals surface area contributed by atoms with Gasteiger partial charge in [-0.25, -0.2) is 13.1 Å². The predicted molar refractivity (Wildman–Crippen MR) is 71.2 cm³/mol. The molecule has 0 bridgehead atoms. The van der Waals surface area contributed by atoms with Crippen LogP contribution in [0.5, 0.6) is 0 Å². The number of aromatic nitrogens is 2. The Bertz CT molecular complexity index is 659. The van der Waals surface area contributed by atoms with Crippen molar-refractivity contribution in [3.05, 3.63) is 35.9 Å². The van der Waals surface area contributed by atoms with Crippen LogP contribution in [0.4, 0.5) is 0 Å². The van der Waals surface area contributed by atoms with E-state index in [2.05, 4.69) is 20.2 Å². The average molecular weight is 296 g/mol. The molecule has 2 aromatic rings. The van der Waals surface area contributed by atoms with E-state index in [0.717, 1.165) is 12.8 Å². The van der Waals surface area contributed by atoms with Crippen LogP contribution < -0.4 is 10.0 Å². The summed E-state index contributed by atoms with van der Waals surface area (Å²) in [6.07, 6.45) is 5.34. The minimum absolute atomic E-state index is 0.109. The van der Waals surface area contributed by atoms with Crippen LogP contribution in [0.15, 0.2) is 34.0 Å². The summed E-state index contributed by atoms with van der Waals surface area (Å²) in [6.45, 7) is 0.613. The minimum atomic E-state index is -3.62. The Morgan fingerprint density at radius 3 is 2.95 bits per heavy atom. The molecule has 108 valence electrons. The van der Waals surface area contributed by atoms with Crippen molar-refractivity contribution in [3.63, 3.8) is 0 Å². The van der Waals surface area contributed by atoms with Crippen LogP contribution in [0.1, 0.15) is 24.2 Å². The van der Waals surface area contributed by atoms with Crippen molar-refractivity contribution in [2.24, 2.45) is 0 Å². The zero-order valence-electron chi connectivity index (χ0n) is 10.8. The zero-order valence-corrected chi connectivity index (χ0v) is 11.6. The van der Waals surface area contributed by atoms with Gasteiger partial charge in [-0.1, -0.05) is 0 Å². The van der Waals surface area contributed by atoms with Gasteiger partial charge in [0.15, 0.2) is 5.03 Å². The molecule has 1 saturated carbocycles. The van der Waals surface area contributed by atoms with Crippen LogP contribution in [0.3, 0.4) is 0 Å². The maximum absolute atomic E-state index is 12.2. The van der Waals surface area contributed by atoms with Gasteiger partial charge >= 0.3 is 0 Å². The topological polar surface area (TPSA) is 100 Å². The fourth-order valence-corrected chi connectivity index (χ4v) is 2.97. The van der Waals surface area contributed by atoms with E-state index in [1.165, 1.54) is 12.5 Å². The van der Waals surface area contributed by atoms with E-state index in [1.54, 1.807) is 12.1 Å². The summed E-state index contributed by atoms with van der Waals surface area (Å²) < 4.78 is 32.0. The highest BCUT2D eigenvalue weighted by molar-refractivity contribution is 7.89. The third-order valence-corrected chi connectivity index (χ3v) is 4.54. The number of nitrogens with zero attached hydrogens (tertiary/aromatic N) is 1. The Hall–Kier alpha value is -1.64. The largest absolute Gasteiger partial charge is 0.468 e. The number of hydrogen-bond acceptors (Lipinski definition) is 5. The zero-order chi connectivity index (χ0) is 14.0. The van der Waals surface area contributed by atoms with Gasteiger partial charge in [0.1, 0.15) is 5.76 Å². The Labute approximate surface area is 116 Å². The SMILES string of the molecule is O=S(=O)(NCc1ccco1)c1[nH]ncc1CNC1CC1. The lowest BCUT2D eigenvalue weighted by Crippen LogP contribution is -2.25. The molecule has 3 rings (SSSR count). The van der Waals surface area contributed by atoms with Crippen LogP contribution in [0.25, 0.3) is 0 Å². The molecule has 20 heavy (non-hydrogen) atoms. The van der Waals surface area contributed by atoms with Gasteiger partial charge in [0.05, 0.1) is 19.0 Å². The lowest BCUT2D eigenvalue weighted by Gasteiger charge is -2.06. The van der Waals surface area contributed by atoms with Gasteiger partial charge in [-0.3, -0.25) is 5.10 Å². The van der Waals surface area contributed by atoms with E-state index in [1.807, 2.05) is 0 Å². The summed E-state index contributed by atoms with van der Waals surface area (Å²) in [5.41, 5.74) is 0.642. The maximum atomic E-state index is 12.2. The number of nitrogens with one attached hydrogen (secondary N) is 3. The first-order valence-electron chi connectivity index (χ1n) is 6.43. The molecule has 0 atom stereocenters. The highest BCUT2D eigenvalue weighted by atomic mass is 32.2. The van der Waals surface area contributed by atoms with Crippen molar-refractivity contribution in [2.45, 2.75) is 37.0 Å². The van der Waals surface area contributed by atoms with E-state index >= 15 is 0 Å². The number of hydrogen-bond donors (Lipinski definition) is 3. The molecular formula is C12H16N4O3S. The number of rotatable bonds is 7. The summed E-state index contributed by atoms with van der Waals surface area (Å²) in [6, 6.07) is 3.94. The van der Waals surface area contributed by atoms with E-state index in [4.69, 9.17) is 4.42 Å². The predicted octanol–water partition coefficient (Wildman–Crippen LogP) is 0.733. The fourth-order valence-electron chi connectivity index (χ4n) is 1.85. The van der Waals surface area contributed by atoms with Gasteiger partial charge < -0.3 is 9.73 Å². The standard InChI is InChI=1S/C12H16N4O3S/c17-20(18,15-8-11-2-1-5-19-11)12-9(7-14-16-12)6-13-10-3-4-10/h1-2,5,7,10,13,15H,3-4,6,8H2,(H,14,16). The monoisotopic (exact) mass is 296 g/mol. The van der Waals surface area contributed by atoms with Gasteiger partial charge in [-0.2, -0.15) is 5.10 Å². The van der Waals surface area contributed by atoms with Crippen molar-refractivity contribution >= 4 is 10.0 Å². The lowest BCUT2D eigenvalue weighted by atomic mass is 10.3. The molecule has 0 spiro atoms. The molecule has 1 fully saturated rings. The number of furan rings is 1. The number of H-pyrrole nitrogens is 1.